The van der Waals surface area contributed by atoms with Crippen molar-refractivity contribution in [1.82, 2.24) is 9.71 Å². The van der Waals surface area contributed by atoms with E-state index in [0.29, 0.717) is 11.2 Å². The summed E-state index contributed by atoms with van der Waals surface area (Å²) in [5.74, 6) is 0. The average Bonchev–Trinajstić information content (AvgIpc) is 2.53. The van der Waals surface area contributed by atoms with Gasteiger partial charge in [-0.1, -0.05) is 30.3 Å². The molecule has 0 aliphatic heterocycles. The molecular formula is C10H8BrClN2O. The van der Waals surface area contributed by atoms with Gasteiger partial charge in [0.15, 0.2) is 0 Å². The molecule has 0 unspecified atom stereocenters. The van der Waals surface area contributed by atoms with Crippen molar-refractivity contribution < 1.29 is 6.21 Å². The highest BCUT2D eigenvalue weighted by Gasteiger charge is 2.03. The quantitative estimate of drug-likeness (QED) is 0.868. The van der Waals surface area contributed by atoms with Crippen LogP contribution in [0.25, 0.3) is 0 Å². The fourth-order valence-corrected chi connectivity index (χ4v) is 1.69. The Balaban J connectivity index is 2.11. The summed E-state index contributed by atoms with van der Waals surface area (Å²) in [5, 5.41) is 0.132. The van der Waals surface area contributed by atoms with Gasteiger partial charge in [-0.3, -0.25) is 0 Å². The maximum Gasteiger partial charge on any atom is 0.237 e. The second-order valence-electron chi connectivity index (χ2n) is 2.84. The Morgan fingerprint density at radius 3 is 2.80 bits per heavy atom. The molecule has 78 valence electrons. The minimum absolute atomic E-state index is 0.0981. The predicted molar refractivity (Wildman–Crippen MR) is 61.7 cm³/mol. The molecule has 1 aromatic heterocycles. The first-order valence-corrected chi connectivity index (χ1v) is 5.43. The molecular weight excluding hydrogens is 279 g/mol. The number of hydrogen-bond donors (Lipinski definition) is 0. The highest BCUT2D eigenvalue weighted by molar-refractivity contribution is 9.10. The van der Waals surface area contributed by atoms with E-state index in [-0.39, 0.29) is 11.5 Å². The van der Waals surface area contributed by atoms with Gasteiger partial charge in [0.05, 0.1) is 7.54 Å². The van der Waals surface area contributed by atoms with E-state index in [0.717, 1.165) is 5.56 Å². The molecule has 2 aromatic rings. The average molecular weight is 289 g/mol. The predicted octanol–water partition coefficient (Wildman–Crippen LogP) is 2.93. The van der Waals surface area contributed by atoms with Gasteiger partial charge in [-0.05, 0) is 33.1 Å². The molecule has 0 atom stereocenters. The van der Waals surface area contributed by atoms with Gasteiger partial charge in [-0.2, -0.15) is 4.73 Å². The molecule has 5 heteroatoms. The smallest absolute Gasteiger partial charge is 0.237 e. The molecule has 0 amide bonds. The Morgan fingerprint density at radius 1 is 1.47 bits per heavy atom. The van der Waals surface area contributed by atoms with Crippen LogP contribution in [-0.2, 0) is 6.61 Å². The lowest BCUT2D eigenvalue weighted by Gasteiger charge is -2.06. The first-order chi connectivity index (χ1) is 7.68. The first kappa shape index (κ1) is 9.24. The number of hydrogen-bond acceptors (Lipinski definition) is 2. The van der Waals surface area contributed by atoms with Crippen LogP contribution in [-0.4, -0.2) is 9.71 Å². The third-order valence-electron chi connectivity index (χ3n) is 1.75. The van der Waals surface area contributed by atoms with Gasteiger partial charge in [0.25, 0.3) is 0 Å². The highest BCUT2D eigenvalue weighted by atomic mass is 79.9. The number of aromatic nitrogens is 2. The molecule has 0 N–H and O–H groups in total. The summed E-state index contributed by atoms with van der Waals surface area (Å²) in [5.41, 5.74) is 1.00. The Hall–Kier alpha value is -1.00. The molecule has 0 aliphatic carbocycles. The van der Waals surface area contributed by atoms with E-state index in [1.807, 2.05) is 30.3 Å². The van der Waals surface area contributed by atoms with E-state index in [1.54, 1.807) is 0 Å². The van der Waals surface area contributed by atoms with Gasteiger partial charge in [0, 0.05) is 0 Å². The fourth-order valence-electron chi connectivity index (χ4n) is 1.08. The summed E-state index contributed by atoms with van der Waals surface area (Å²) in [6, 6.07) is 9.64. The van der Waals surface area contributed by atoms with Crippen molar-refractivity contribution in [2.24, 2.45) is 0 Å². The van der Waals surface area contributed by atoms with Gasteiger partial charge in [-0.15, -0.1) is 0 Å². The van der Waals surface area contributed by atoms with Gasteiger partial charge in [-0.25, -0.2) is 4.98 Å². The zero-order chi connectivity index (χ0) is 11.5. The fraction of sp³-hybridized carbons (Fsp3) is 0.100. The van der Waals surface area contributed by atoms with E-state index < -0.39 is 0 Å². The summed E-state index contributed by atoms with van der Waals surface area (Å²) in [6.45, 7) is 0.342. The third-order valence-corrected chi connectivity index (χ3v) is 2.35. The molecule has 15 heavy (non-hydrogen) atoms. The van der Waals surface area contributed by atoms with Crippen LogP contribution in [0.3, 0.4) is 0 Å². The molecule has 0 aliphatic rings. The lowest BCUT2D eigenvalue weighted by molar-refractivity contribution is 0.0974. The zero-order valence-corrected chi connectivity index (χ0v) is 9.99. The van der Waals surface area contributed by atoms with Gasteiger partial charge in [0.1, 0.15) is 11.2 Å². The van der Waals surface area contributed by atoms with E-state index in [1.165, 1.54) is 4.73 Å². The lowest BCUT2D eigenvalue weighted by atomic mass is 10.2. The van der Waals surface area contributed by atoms with Crippen molar-refractivity contribution in [2.75, 3.05) is 0 Å². The second-order valence-corrected chi connectivity index (χ2v) is 3.93. The maximum absolute atomic E-state index is 7.63. The molecule has 3 nitrogen and oxygen atoms in total. The molecule has 1 heterocycles. The zero-order valence-electron chi connectivity index (χ0n) is 8.65. The van der Waals surface area contributed by atoms with Crippen molar-refractivity contribution in [3.63, 3.8) is 0 Å². The topological polar surface area (TPSA) is 27.1 Å². The summed E-state index contributed by atoms with van der Waals surface area (Å²) < 4.78 is 9.17. The standard InChI is InChI=1S/C10H8BrClN2O/c11-9-6-14(10(12)13-9)15-7-8-4-2-1-3-5-8/h1-6H,7H2/i6D. The Morgan fingerprint density at radius 2 is 2.20 bits per heavy atom. The number of halogens is 2. The van der Waals surface area contributed by atoms with Crippen molar-refractivity contribution in [3.8, 4) is 0 Å². The van der Waals surface area contributed by atoms with Crippen molar-refractivity contribution >= 4 is 27.5 Å². The minimum atomic E-state index is 0.0981. The highest BCUT2D eigenvalue weighted by Crippen LogP contribution is 2.13. The van der Waals surface area contributed by atoms with Crippen LogP contribution in [0, 0.1) is 0 Å². The van der Waals surface area contributed by atoms with Crippen LogP contribution >= 0.6 is 27.5 Å². The molecule has 0 saturated carbocycles. The van der Waals surface area contributed by atoms with Crippen LogP contribution in [0.15, 0.2) is 41.1 Å². The normalized spacial score (nSPS) is 11.2. The largest absolute Gasteiger partial charge is 0.407 e. The third kappa shape index (κ3) is 2.73. The second kappa shape index (κ2) is 4.68. The maximum atomic E-state index is 7.63. The Kier molecular flexibility index (Phi) is 2.88. The van der Waals surface area contributed by atoms with E-state index in [4.69, 9.17) is 17.8 Å². The monoisotopic (exact) mass is 287 g/mol. The molecule has 2 rings (SSSR count). The summed E-state index contributed by atoms with van der Waals surface area (Å²) >= 11 is 8.90. The SMILES string of the molecule is [2H]c1c(Br)nc(Cl)n1OCc1ccccc1. The van der Waals surface area contributed by atoms with Crippen LogP contribution in [0.1, 0.15) is 6.93 Å². The van der Waals surface area contributed by atoms with E-state index >= 15 is 0 Å². The molecule has 0 spiro atoms. The summed E-state index contributed by atoms with van der Waals surface area (Å²) in [6.07, 6.45) is 0.0981. The van der Waals surface area contributed by atoms with Gasteiger partial charge >= 0.3 is 0 Å². The number of rotatable bonds is 3. The minimum Gasteiger partial charge on any atom is -0.407 e. The number of nitrogens with zero attached hydrogens (tertiary/aromatic N) is 2. The van der Waals surface area contributed by atoms with Crippen molar-refractivity contribution in [1.29, 1.82) is 0 Å². The van der Waals surface area contributed by atoms with Crippen molar-refractivity contribution in [3.05, 3.63) is 52.0 Å². The van der Waals surface area contributed by atoms with Crippen LogP contribution in [0.5, 0.6) is 0 Å². The van der Waals surface area contributed by atoms with Crippen LogP contribution in [0.4, 0.5) is 0 Å². The van der Waals surface area contributed by atoms with E-state index in [2.05, 4.69) is 20.9 Å². The molecule has 0 radical (unpaired) electrons. The van der Waals surface area contributed by atoms with Gasteiger partial charge < -0.3 is 4.84 Å². The molecule has 0 bridgehead atoms. The summed E-state index contributed by atoms with van der Waals surface area (Å²) in [4.78, 5) is 9.23. The van der Waals surface area contributed by atoms with Gasteiger partial charge in [0.2, 0.25) is 5.28 Å². The number of imidazole rings is 1. The van der Waals surface area contributed by atoms with Crippen molar-refractivity contribution in [2.45, 2.75) is 6.61 Å². The van der Waals surface area contributed by atoms with Crippen LogP contribution < -0.4 is 4.84 Å². The summed E-state index contributed by atoms with van der Waals surface area (Å²) in [7, 11) is 0. The molecule has 0 fully saturated rings. The lowest BCUT2D eigenvalue weighted by Crippen LogP contribution is -2.09. The Bertz CT molecular complexity index is 489. The first-order valence-electron chi connectivity index (χ1n) is 4.76. The van der Waals surface area contributed by atoms with Crippen LogP contribution in [0.2, 0.25) is 5.28 Å². The molecule has 0 saturated heterocycles. The molecule has 1 aromatic carbocycles. The number of benzene rings is 1. The van der Waals surface area contributed by atoms with E-state index in [9.17, 15) is 0 Å². The Labute approximate surface area is 102 Å².